The average molecular weight is 259 g/mol. The van der Waals surface area contributed by atoms with Crippen molar-refractivity contribution in [1.82, 2.24) is 19.3 Å². The summed E-state index contributed by atoms with van der Waals surface area (Å²) in [4.78, 5) is 4.44. The van der Waals surface area contributed by atoms with Crippen molar-refractivity contribution in [2.24, 2.45) is 7.05 Å². The van der Waals surface area contributed by atoms with Crippen molar-refractivity contribution in [3.8, 4) is 0 Å². The van der Waals surface area contributed by atoms with Crippen LogP contribution in [0, 0.1) is 6.92 Å². The second kappa shape index (κ2) is 5.07. The summed E-state index contributed by atoms with van der Waals surface area (Å²) in [5, 5.41) is 7.95. The first-order valence-electron chi connectivity index (χ1n) is 6.99. The molecule has 102 valence electrons. The molecule has 5 nitrogen and oxygen atoms in total. The fraction of sp³-hybridized carbons (Fsp3) is 0.571. The van der Waals surface area contributed by atoms with Gasteiger partial charge in [0.1, 0.15) is 0 Å². The maximum Gasteiger partial charge on any atom is 0.203 e. The van der Waals surface area contributed by atoms with E-state index < -0.39 is 0 Å². The molecule has 0 amide bonds. The lowest BCUT2D eigenvalue weighted by Crippen LogP contribution is -2.18. The highest BCUT2D eigenvalue weighted by atomic mass is 15.3. The molecule has 2 aromatic rings. The Morgan fingerprint density at radius 3 is 2.84 bits per heavy atom. The maximum atomic E-state index is 4.44. The van der Waals surface area contributed by atoms with Gasteiger partial charge in [-0.3, -0.25) is 4.68 Å². The van der Waals surface area contributed by atoms with Crippen LogP contribution < -0.4 is 5.32 Å². The number of nitrogens with zero attached hydrogens (tertiary/aromatic N) is 4. The second-order valence-corrected chi connectivity index (χ2v) is 5.42. The Bertz CT molecular complexity index is 548. The van der Waals surface area contributed by atoms with Crippen LogP contribution in [0.4, 0.5) is 5.95 Å². The lowest BCUT2D eigenvalue weighted by atomic mass is 10.2. The van der Waals surface area contributed by atoms with E-state index in [2.05, 4.69) is 33.1 Å². The van der Waals surface area contributed by atoms with Gasteiger partial charge in [0.15, 0.2) is 0 Å². The first kappa shape index (κ1) is 12.3. The molecule has 1 fully saturated rings. The van der Waals surface area contributed by atoms with Gasteiger partial charge in [0.2, 0.25) is 5.95 Å². The molecule has 0 saturated heterocycles. The summed E-state index contributed by atoms with van der Waals surface area (Å²) >= 11 is 0. The molecule has 5 heteroatoms. The van der Waals surface area contributed by atoms with Crippen molar-refractivity contribution in [3.05, 3.63) is 29.8 Å². The highest BCUT2D eigenvalue weighted by Gasteiger charge is 2.17. The van der Waals surface area contributed by atoms with Gasteiger partial charge < -0.3 is 9.88 Å². The topological polar surface area (TPSA) is 47.7 Å². The molecule has 0 aromatic carbocycles. The average Bonchev–Trinajstić information content (AvgIpc) is 3.06. The lowest BCUT2D eigenvalue weighted by molar-refractivity contribution is 0.715. The molecule has 0 atom stereocenters. The predicted octanol–water partition coefficient (Wildman–Crippen LogP) is 2.33. The van der Waals surface area contributed by atoms with Crippen molar-refractivity contribution in [2.75, 3.05) is 5.32 Å². The van der Waals surface area contributed by atoms with Crippen LogP contribution in [0.3, 0.4) is 0 Å². The van der Waals surface area contributed by atoms with E-state index in [0.29, 0.717) is 6.04 Å². The zero-order valence-corrected chi connectivity index (χ0v) is 11.6. The van der Waals surface area contributed by atoms with Gasteiger partial charge in [0.05, 0.1) is 12.2 Å². The van der Waals surface area contributed by atoms with Crippen molar-refractivity contribution < 1.29 is 0 Å². The smallest absolute Gasteiger partial charge is 0.203 e. The van der Waals surface area contributed by atoms with Crippen molar-refractivity contribution in [1.29, 1.82) is 0 Å². The molecule has 1 saturated carbocycles. The highest BCUT2D eigenvalue weighted by Crippen LogP contribution is 2.22. The van der Waals surface area contributed by atoms with Crippen LogP contribution in [-0.2, 0) is 13.6 Å². The number of rotatable bonds is 4. The summed E-state index contributed by atoms with van der Waals surface area (Å²) in [5.41, 5.74) is 2.33. The number of anilines is 1. The van der Waals surface area contributed by atoms with E-state index >= 15 is 0 Å². The van der Waals surface area contributed by atoms with Crippen molar-refractivity contribution in [2.45, 2.75) is 45.2 Å². The van der Waals surface area contributed by atoms with Gasteiger partial charge >= 0.3 is 0 Å². The minimum absolute atomic E-state index is 0.594. The monoisotopic (exact) mass is 259 g/mol. The molecular formula is C14H21N5. The van der Waals surface area contributed by atoms with Gasteiger partial charge in [-0.15, -0.1) is 0 Å². The number of hydrogen-bond donors (Lipinski definition) is 1. The van der Waals surface area contributed by atoms with E-state index in [0.717, 1.165) is 18.2 Å². The van der Waals surface area contributed by atoms with Gasteiger partial charge in [-0.25, -0.2) is 4.98 Å². The highest BCUT2D eigenvalue weighted by molar-refractivity contribution is 5.30. The summed E-state index contributed by atoms with van der Waals surface area (Å²) in [6.45, 7) is 2.88. The van der Waals surface area contributed by atoms with Gasteiger partial charge in [0, 0.05) is 37.2 Å². The van der Waals surface area contributed by atoms with E-state index in [1.807, 2.05) is 24.1 Å². The third-order valence-corrected chi connectivity index (χ3v) is 3.86. The maximum absolute atomic E-state index is 4.44. The Balaban J connectivity index is 1.74. The number of nitrogens with one attached hydrogen (secondary N) is 1. The first-order chi connectivity index (χ1) is 9.22. The van der Waals surface area contributed by atoms with Crippen LogP contribution in [0.2, 0.25) is 0 Å². The molecule has 0 unspecified atom stereocenters. The third kappa shape index (κ3) is 2.64. The molecular weight excluding hydrogens is 238 g/mol. The summed E-state index contributed by atoms with van der Waals surface area (Å²) in [5.74, 6) is 0.982. The zero-order valence-electron chi connectivity index (χ0n) is 11.6. The Hall–Kier alpha value is -1.78. The van der Waals surface area contributed by atoms with Crippen LogP contribution in [0.15, 0.2) is 18.6 Å². The lowest BCUT2D eigenvalue weighted by Gasteiger charge is -2.14. The summed E-state index contributed by atoms with van der Waals surface area (Å²) in [6.07, 6.45) is 11.2. The van der Waals surface area contributed by atoms with E-state index in [9.17, 15) is 0 Å². The molecule has 1 N–H and O–H groups in total. The Kier molecular flexibility index (Phi) is 3.27. The third-order valence-electron chi connectivity index (χ3n) is 3.86. The summed E-state index contributed by atoms with van der Waals surface area (Å²) < 4.78 is 4.04. The van der Waals surface area contributed by atoms with E-state index in [1.54, 1.807) is 0 Å². The molecule has 0 bridgehead atoms. The minimum atomic E-state index is 0.594. The van der Waals surface area contributed by atoms with Crippen molar-refractivity contribution >= 4 is 5.95 Å². The molecule has 2 aromatic heterocycles. The van der Waals surface area contributed by atoms with Crippen LogP contribution in [0.1, 0.15) is 36.9 Å². The van der Waals surface area contributed by atoms with Gasteiger partial charge in [-0.2, -0.15) is 5.10 Å². The van der Waals surface area contributed by atoms with Crippen molar-refractivity contribution in [3.63, 3.8) is 0 Å². The SMILES string of the molecule is Cc1nn(C)cc1Cn1ccnc1NC1CCCC1. The molecule has 1 aliphatic rings. The zero-order chi connectivity index (χ0) is 13.2. The van der Waals surface area contributed by atoms with Gasteiger partial charge in [-0.1, -0.05) is 12.8 Å². The van der Waals surface area contributed by atoms with Crippen LogP contribution in [0.5, 0.6) is 0 Å². The van der Waals surface area contributed by atoms with E-state index in [4.69, 9.17) is 0 Å². The normalized spacial score (nSPS) is 16.1. The van der Waals surface area contributed by atoms with Gasteiger partial charge in [-0.05, 0) is 19.8 Å². The molecule has 3 rings (SSSR count). The number of hydrogen-bond acceptors (Lipinski definition) is 3. The molecule has 0 spiro atoms. The van der Waals surface area contributed by atoms with E-state index in [-0.39, 0.29) is 0 Å². The summed E-state index contributed by atoms with van der Waals surface area (Å²) in [6, 6.07) is 0.594. The standard InChI is InChI=1S/C14H21N5/c1-11-12(9-18(2)17-11)10-19-8-7-15-14(19)16-13-5-3-4-6-13/h7-9,13H,3-6,10H2,1-2H3,(H,15,16). The Morgan fingerprint density at radius 1 is 1.37 bits per heavy atom. The fourth-order valence-corrected chi connectivity index (χ4v) is 2.82. The first-order valence-corrected chi connectivity index (χ1v) is 6.99. The second-order valence-electron chi connectivity index (χ2n) is 5.42. The summed E-state index contributed by atoms with van der Waals surface area (Å²) in [7, 11) is 1.96. The fourth-order valence-electron chi connectivity index (χ4n) is 2.82. The Labute approximate surface area is 113 Å². The molecule has 0 aliphatic heterocycles. The Morgan fingerprint density at radius 2 is 2.16 bits per heavy atom. The molecule has 19 heavy (non-hydrogen) atoms. The van der Waals surface area contributed by atoms with Crippen LogP contribution >= 0.6 is 0 Å². The minimum Gasteiger partial charge on any atom is -0.353 e. The van der Waals surface area contributed by atoms with E-state index in [1.165, 1.54) is 31.2 Å². The predicted molar refractivity (Wildman–Crippen MR) is 75.2 cm³/mol. The molecule has 0 radical (unpaired) electrons. The molecule has 1 aliphatic carbocycles. The van der Waals surface area contributed by atoms with Crippen LogP contribution in [-0.4, -0.2) is 25.4 Å². The number of imidazole rings is 1. The number of aryl methyl sites for hydroxylation is 2. The van der Waals surface area contributed by atoms with Gasteiger partial charge in [0.25, 0.3) is 0 Å². The van der Waals surface area contributed by atoms with Crippen LogP contribution in [0.25, 0.3) is 0 Å². The largest absolute Gasteiger partial charge is 0.353 e. The molecule has 2 heterocycles. The quantitative estimate of drug-likeness (QED) is 0.916. The number of aromatic nitrogens is 4.